The van der Waals surface area contributed by atoms with E-state index in [4.69, 9.17) is 0 Å². The summed E-state index contributed by atoms with van der Waals surface area (Å²) >= 11 is 0. The molecule has 0 spiro atoms. The van der Waals surface area contributed by atoms with Crippen molar-refractivity contribution in [1.29, 1.82) is 0 Å². The Labute approximate surface area is 157 Å². The molecule has 7 heteroatoms. The second kappa shape index (κ2) is 7.11. The first-order valence-electron chi connectivity index (χ1n) is 8.55. The smallest absolute Gasteiger partial charge is 0.333 e. The molecule has 1 N–H and O–H groups in total. The van der Waals surface area contributed by atoms with Gasteiger partial charge < -0.3 is 10.0 Å². The minimum atomic E-state index is -0.576. The van der Waals surface area contributed by atoms with Crippen LogP contribution in [0.4, 0.5) is 5.69 Å². The molecule has 0 saturated carbocycles. The molecule has 3 aromatic rings. The molecule has 0 aliphatic heterocycles. The molecule has 1 atom stereocenters. The number of nitrogens with zero attached hydrogens (tertiary/aromatic N) is 4. The first-order valence-corrected chi connectivity index (χ1v) is 8.55. The van der Waals surface area contributed by atoms with Crippen molar-refractivity contribution >= 4 is 5.69 Å². The van der Waals surface area contributed by atoms with E-state index in [0.717, 1.165) is 20.4 Å². The van der Waals surface area contributed by atoms with Gasteiger partial charge in [0.15, 0.2) is 18.0 Å². The van der Waals surface area contributed by atoms with E-state index in [1.165, 1.54) is 14.1 Å². The molecular formula is C20H23N4O3+. The van der Waals surface area contributed by atoms with Crippen molar-refractivity contribution in [2.75, 3.05) is 19.0 Å². The third-order valence-corrected chi connectivity index (χ3v) is 4.71. The fraction of sp³-hybridized carbons (Fsp3) is 0.250. The molecule has 0 amide bonds. The molecule has 1 aromatic carbocycles. The number of aromatic nitrogens is 3. The zero-order valence-corrected chi connectivity index (χ0v) is 15.8. The SMILES string of the molecule is CN(C)c1cc[n+](C(c2ccccc2)c2c(O)n(C)c(=O)n(C)c2=O)cc1. The van der Waals surface area contributed by atoms with Gasteiger partial charge in [-0.3, -0.25) is 13.9 Å². The number of benzene rings is 1. The number of pyridine rings is 1. The molecule has 0 aliphatic rings. The number of aromatic hydroxyl groups is 1. The zero-order valence-electron chi connectivity index (χ0n) is 15.8. The highest BCUT2D eigenvalue weighted by Gasteiger charge is 2.32. The average Bonchev–Trinajstić information content (AvgIpc) is 2.69. The lowest BCUT2D eigenvalue weighted by Crippen LogP contribution is -2.47. The van der Waals surface area contributed by atoms with Crippen molar-refractivity contribution in [3.8, 4) is 5.88 Å². The fourth-order valence-electron chi connectivity index (χ4n) is 3.12. The van der Waals surface area contributed by atoms with Crippen LogP contribution in [0.1, 0.15) is 17.2 Å². The molecule has 0 radical (unpaired) electrons. The van der Waals surface area contributed by atoms with Gasteiger partial charge >= 0.3 is 5.69 Å². The van der Waals surface area contributed by atoms with Crippen LogP contribution < -0.4 is 20.7 Å². The Balaban J connectivity index is 2.30. The van der Waals surface area contributed by atoms with E-state index >= 15 is 0 Å². The quantitative estimate of drug-likeness (QED) is 0.692. The highest BCUT2D eigenvalue weighted by Crippen LogP contribution is 2.25. The Morgan fingerprint density at radius 2 is 1.56 bits per heavy atom. The molecule has 1 unspecified atom stereocenters. The van der Waals surface area contributed by atoms with E-state index in [-0.39, 0.29) is 11.4 Å². The van der Waals surface area contributed by atoms with E-state index < -0.39 is 17.3 Å². The van der Waals surface area contributed by atoms with Gasteiger partial charge in [-0.15, -0.1) is 0 Å². The fourth-order valence-corrected chi connectivity index (χ4v) is 3.12. The van der Waals surface area contributed by atoms with Crippen LogP contribution in [0, 0.1) is 0 Å². The molecule has 0 fully saturated rings. The number of anilines is 1. The van der Waals surface area contributed by atoms with E-state index in [9.17, 15) is 14.7 Å². The molecule has 0 bridgehead atoms. The van der Waals surface area contributed by atoms with Crippen LogP contribution in [0.3, 0.4) is 0 Å². The average molecular weight is 367 g/mol. The third-order valence-electron chi connectivity index (χ3n) is 4.71. The largest absolute Gasteiger partial charge is 0.494 e. The molecule has 27 heavy (non-hydrogen) atoms. The predicted molar refractivity (Wildman–Crippen MR) is 103 cm³/mol. The first kappa shape index (κ1) is 18.4. The van der Waals surface area contributed by atoms with Gasteiger partial charge in [-0.05, 0) is 0 Å². The molecule has 2 aromatic heterocycles. The van der Waals surface area contributed by atoms with Crippen LogP contribution in [0.5, 0.6) is 5.88 Å². The molecule has 0 saturated heterocycles. The molecule has 2 heterocycles. The van der Waals surface area contributed by atoms with E-state index in [0.29, 0.717) is 0 Å². The van der Waals surface area contributed by atoms with Gasteiger partial charge in [0.05, 0.1) is 0 Å². The van der Waals surface area contributed by atoms with Gasteiger partial charge in [0.2, 0.25) is 11.9 Å². The number of hydrogen-bond acceptors (Lipinski definition) is 4. The van der Waals surface area contributed by atoms with Crippen molar-refractivity contribution in [3.05, 3.63) is 86.8 Å². The summed E-state index contributed by atoms with van der Waals surface area (Å²) in [4.78, 5) is 27.0. The zero-order chi connectivity index (χ0) is 19.7. The highest BCUT2D eigenvalue weighted by molar-refractivity contribution is 5.42. The summed E-state index contributed by atoms with van der Waals surface area (Å²) in [5.41, 5.74) is 0.893. The van der Waals surface area contributed by atoms with Gasteiger partial charge in [0.25, 0.3) is 5.56 Å². The monoisotopic (exact) mass is 367 g/mol. The Morgan fingerprint density at radius 3 is 2.11 bits per heavy atom. The van der Waals surface area contributed by atoms with Crippen LogP contribution in [-0.2, 0) is 14.1 Å². The van der Waals surface area contributed by atoms with Gasteiger partial charge in [-0.1, -0.05) is 30.3 Å². The lowest BCUT2D eigenvalue weighted by atomic mass is 9.99. The Hall–Kier alpha value is -3.35. The molecular weight excluding hydrogens is 344 g/mol. The summed E-state index contributed by atoms with van der Waals surface area (Å²) in [6.07, 6.45) is 3.72. The summed E-state index contributed by atoms with van der Waals surface area (Å²) in [5, 5.41) is 10.6. The molecule has 0 aliphatic carbocycles. The second-order valence-corrected chi connectivity index (χ2v) is 6.65. The van der Waals surface area contributed by atoms with Crippen molar-refractivity contribution < 1.29 is 9.67 Å². The van der Waals surface area contributed by atoms with Crippen LogP contribution in [-0.4, -0.2) is 28.3 Å². The molecule has 140 valence electrons. The van der Waals surface area contributed by atoms with E-state index in [1.807, 2.05) is 78.4 Å². The topological polar surface area (TPSA) is 71.3 Å². The van der Waals surface area contributed by atoms with Crippen LogP contribution in [0.25, 0.3) is 0 Å². The van der Waals surface area contributed by atoms with Crippen LogP contribution in [0.15, 0.2) is 64.4 Å². The lowest BCUT2D eigenvalue weighted by Gasteiger charge is -2.17. The minimum Gasteiger partial charge on any atom is -0.494 e. The highest BCUT2D eigenvalue weighted by atomic mass is 16.3. The van der Waals surface area contributed by atoms with Crippen molar-refractivity contribution in [2.45, 2.75) is 6.04 Å². The van der Waals surface area contributed by atoms with Gasteiger partial charge in [0, 0.05) is 51.6 Å². The standard InChI is InChI=1S/C20H22N4O3/c1-21(2)15-10-12-24(13-11-15)17(14-8-6-5-7-9-14)16-18(25)22(3)20(27)23(4)19(16)26/h5-13,17H,1-4H3/p+1. The molecule has 7 nitrogen and oxygen atoms in total. The van der Waals surface area contributed by atoms with Gasteiger partial charge in [0.1, 0.15) is 0 Å². The maximum atomic E-state index is 12.9. The summed E-state index contributed by atoms with van der Waals surface area (Å²) < 4.78 is 3.95. The van der Waals surface area contributed by atoms with Crippen LogP contribution in [0.2, 0.25) is 0 Å². The first-order chi connectivity index (χ1) is 12.8. The van der Waals surface area contributed by atoms with Gasteiger partial charge in [-0.2, -0.15) is 4.57 Å². The molecule has 3 rings (SSSR count). The maximum absolute atomic E-state index is 12.9. The Kier molecular flexibility index (Phi) is 4.85. The maximum Gasteiger partial charge on any atom is 0.333 e. The van der Waals surface area contributed by atoms with Crippen molar-refractivity contribution in [3.63, 3.8) is 0 Å². The Morgan fingerprint density at radius 1 is 0.963 bits per heavy atom. The number of rotatable bonds is 4. The third kappa shape index (κ3) is 3.23. The summed E-state index contributed by atoms with van der Waals surface area (Å²) in [6.45, 7) is 0. The summed E-state index contributed by atoms with van der Waals surface area (Å²) in [5.74, 6) is -0.332. The van der Waals surface area contributed by atoms with Crippen LogP contribution >= 0.6 is 0 Å². The normalized spacial score (nSPS) is 12.0. The summed E-state index contributed by atoms with van der Waals surface area (Å²) in [7, 11) is 6.75. The summed E-state index contributed by atoms with van der Waals surface area (Å²) in [6, 6.07) is 12.7. The predicted octanol–water partition coefficient (Wildman–Crippen LogP) is 0.781. The van der Waals surface area contributed by atoms with Crippen molar-refractivity contribution in [2.24, 2.45) is 14.1 Å². The van der Waals surface area contributed by atoms with Crippen molar-refractivity contribution in [1.82, 2.24) is 9.13 Å². The number of hydrogen-bond donors (Lipinski definition) is 1. The lowest BCUT2D eigenvalue weighted by molar-refractivity contribution is -0.705. The Bertz CT molecular complexity index is 1070. The van der Waals surface area contributed by atoms with E-state index in [1.54, 1.807) is 0 Å². The van der Waals surface area contributed by atoms with Gasteiger partial charge in [-0.25, -0.2) is 4.79 Å². The second-order valence-electron chi connectivity index (χ2n) is 6.65. The van der Waals surface area contributed by atoms with E-state index in [2.05, 4.69) is 0 Å². The minimum absolute atomic E-state index is 0.147.